The molecule has 1 saturated heterocycles. The molecule has 1 N–H and O–H groups in total. The van der Waals surface area contributed by atoms with Gasteiger partial charge < -0.3 is 15.0 Å². The average Bonchev–Trinajstić information content (AvgIpc) is 2.87. The summed E-state index contributed by atoms with van der Waals surface area (Å²) in [5, 5.41) is 4.34. The van der Waals surface area contributed by atoms with Gasteiger partial charge in [0.05, 0.1) is 22.2 Å². The smallest absolute Gasteiger partial charge is 0.173 e. The lowest BCUT2D eigenvalue weighted by molar-refractivity contribution is 0.181. The molecule has 8 heteroatoms. The fraction of sp³-hybridized carbons (Fsp3) is 0.588. The molecule has 25 heavy (non-hydrogen) atoms. The zero-order valence-electron chi connectivity index (χ0n) is 14.8. The Hall–Kier alpha value is -0.890. The van der Waals surface area contributed by atoms with Gasteiger partial charge >= 0.3 is 0 Å². The molecule has 2 rings (SSSR count). The number of benzene rings is 1. The summed E-state index contributed by atoms with van der Waals surface area (Å²) in [6.07, 6.45) is 1.37. The Labute approximate surface area is 160 Å². The van der Waals surface area contributed by atoms with Crippen LogP contribution in [-0.2, 0) is 14.6 Å². The van der Waals surface area contributed by atoms with Gasteiger partial charge in [0, 0.05) is 26.3 Å². The molecular formula is C17H25ClN2O3S2. The minimum absolute atomic E-state index is 0.105. The number of halogens is 1. The second-order valence-electron chi connectivity index (χ2n) is 6.47. The minimum atomic E-state index is -2.99. The van der Waals surface area contributed by atoms with Gasteiger partial charge in [-0.1, -0.05) is 17.7 Å². The highest BCUT2D eigenvalue weighted by atomic mass is 35.5. The van der Waals surface area contributed by atoms with Crippen LogP contribution in [0.1, 0.15) is 24.0 Å². The molecule has 140 valence electrons. The molecule has 0 amide bonds. The van der Waals surface area contributed by atoms with Crippen LogP contribution >= 0.6 is 23.8 Å². The highest BCUT2D eigenvalue weighted by molar-refractivity contribution is 7.91. The van der Waals surface area contributed by atoms with Crippen LogP contribution in [0.3, 0.4) is 0 Å². The highest BCUT2D eigenvalue weighted by Crippen LogP contribution is 2.28. The van der Waals surface area contributed by atoms with Gasteiger partial charge in [0.2, 0.25) is 0 Å². The Morgan fingerprint density at radius 2 is 2.16 bits per heavy atom. The summed E-state index contributed by atoms with van der Waals surface area (Å²) in [7, 11) is -1.34. The highest BCUT2D eigenvalue weighted by Gasteiger charge is 2.33. The van der Waals surface area contributed by atoms with Crippen molar-refractivity contribution in [1.82, 2.24) is 4.90 Å². The van der Waals surface area contributed by atoms with Crippen molar-refractivity contribution in [2.24, 2.45) is 0 Å². The van der Waals surface area contributed by atoms with E-state index in [-0.39, 0.29) is 17.5 Å². The first-order valence-electron chi connectivity index (χ1n) is 8.27. The summed E-state index contributed by atoms with van der Waals surface area (Å²) in [6.45, 7) is 5.20. The number of nitrogens with one attached hydrogen (secondary N) is 1. The molecule has 1 aromatic carbocycles. The fourth-order valence-electron chi connectivity index (χ4n) is 3.10. The van der Waals surface area contributed by atoms with Gasteiger partial charge in [0.25, 0.3) is 0 Å². The van der Waals surface area contributed by atoms with E-state index in [0.717, 1.165) is 23.2 Å². The number of ether oxygens (including phenoxy) is 1. The Kier molecular flexibility index (Phi) is 7.08. The number of anilines is 1. The van der Waals surface area contributed by atoms with Crippen molar-refractivity contribution >= 4 is 44.5 Å². The number of rotatable bonds is 6. The van der Waals surface area contributed by atoms with E-state index >= 15 is 0 Å². The van der Waals surface area contributed by atoms with E-state index in [0.29, 0.717) is 29.7 Å². The van der Waals surface area contributed by atoms with Gasteiger partial charge in [-0.15, -0.1) is 0 Å². The van der Waals surface area contributed by atoms with E-state index in [9.17, 15) is 8.42 Å². The molecule has 0 aliphatic carbocycles. The summed E-state index contributed by atoms with van der Waals surface area (Å²) in [5.41, 5.74) is 2.86. The number of nitrogens with zero attached hydrogens (tertiary/aromatic N) is 1. The van der Waals surface area contributed by atoms with Gasteiger partial charge in [0.1, 0.15) is 0 Å². The number of aryl methyl sites for hydroxylation is 2. The van der Waals surface area contributed by atoms with Crippen LogP contribution in [0, 0.1) is 13.8 Å². The molecule has 1 heterocycles. The van der Waals surface area contributed by atoms with E-state index in [1.54, 1.807) is 7.11 Å². The summed E-state index contributed by atoms with van der Waals surface area (Å²) in [6, 6.07) is 3.81. The number of methoxy groups -OCH3 is 1. The largest absolute Gasteiger partial charge is 0.385 e. The Balaban J connectivity index is 2.17. The van der Waals surface area contributed by atoms with Crippen LogP contribution in [0.15, 0.2) is 12.1 Å². The third-order valence-electron chi connectivity index (χ3n) is 4.32. The van der Waals surface area contributed by atoms with E-state index in [4.69, 9.17) is 28.6 Å². The Morgan fingerprint density at radius 3 is 2.72 bits per heavy atom. The van der Waals surface area contributed by atoms with Crippen LogP contribution in [0.25, 0.3) is 0 Å². The molecule has 1 atom stereocenters. The summed E-state index contributed by atoms with van der Waals surface area (Å²) < 4.78 is 28.8. The van der Waals surface area contributed by atoms with Crippen molar-refractivity contribution in [2.75, 3.05) is 37.1 Å². The topological polar surface area (TPSA) is 58.6 Å². The van der Waals surface area contributed by atoms with E-state index in [1.165, 1.54) is 0 Å². The van der Waals surface area contributed by atoms with Gasteiger partial charge in [-0.05, 0) is 56.1 Å². The zero-order chi connectivity index (χ0) is 18.6. The zero-order valence-corrected chi connectivity index (χ0v) is 17.2. The molecule has 1 aliphatic heterocycles. The second-order valence-corrected chi connectivity index (χ2v) is 9.49. The molecule has 0 radical (unpaired) electrons. The van der Waals surface area contributed by atoms with E-state index < -0.39 is 9.84 Å². The average molecular weight is 405 g/mol. The fourth-order valence-corrected chi connectivity index (χ4v) is 5.54. The monoisotopic (exact) mass is 404 g/mol. The summed E-state index contributed by atoms with van der Waals surface area (Å²) in [5.74, 6) is 0.355. The maximum absolute atomic E-state index is 11.9. The predicted molar refractivity (Wildman–Crippen MR) is 107 cm³/mol. The predicted octanol–water partition coefficient (Wildman–Crippen LogP) is 3.18. The standard InChI is InChI=1S/C17H25ClN2O3S2/c1-12-9-13(2)16(15(18)10-12)19-17(24)20(6-4-7-23-3)14-5-8-25(21,22)11-14/h9-10,14H,4-8,11H2,1-3H3,(H,19,24)/t14-/m1/s1. The second kappa shape index (κ2) is 8.66. The number of sulfone groups is 1. The van der Waals surface area contributed by atoms with Crippen molar-refractivity contribution in [2.45, 2.75) is 32.7 Å². The van der Waals surface area contributed by atoms with Crippen molar-refractivity contribution in [3.8, 4) is 0 Å². The molecule has 0 saturated carbocycles. The molecule has 1 aliphatic rings. The third-order valence-corrected chi connectivity index (χ3v) is 6.71. The minimum Gasteiger partial charge on any atom is -0.385 e. The van der Waals surface area contributed by atoms with Gasteiger partial charge in [-0.25, -0.2) is 8.42 Å². The maximum atomic E-state index is 11.9. The first-order chi connectivity index (χ1) is 11.7. The first-order valence-corrected chi connectivity index (χ1v) is 10.9. The lowest BCUT2D eigenvalue weighted by Crippen LogP contribution is -2.44. The molecule has 0 aromatic heterocycles. The van der Waals surface area contributed by atoms with E-state index in [1.807, 2.05) is 30.9 Å². The molecular weight excluding hydrogens is 380 g/mol. The van der Waals surface area contributed by atoms with Gasteiger partial charge in [0.15, 0.2) is 14.9 Å². The summed E-state index contributed by atoms with van der Waals surface area (Å²) >= 11 is 12.0. The van der Waals surface area contributed by atoms with Gasteiger partial charge in [-0.2, -0.15) is 0 Å². The van der Waals surface area contributed by atoms with Crippen LogP contribution in [-0.4, -0.2) is 56.2 Å². The lowest BCUT2D eigenvalue weighted by Gasteiger charge is -2.31. The van der Waals surface area contributed by atoms with Crippen molar-refractivity contribution < 1.29 is 13.2 Å². The number of thiocarbonyl (C=S) groups is 1. The van der Waals surface area contributed by atoms with Crippen LogP contribution in [0.2, 0.25) is 5.02 Å². The Morgan fingerprint density at radius 1 is 1.44 bits per heavy atom. The molecule has 0 spiro atoms. The normalized spacial score (nSPS) is 19.0. The number of hydrogen-bond acceptors (Lipinski definition) is 4. The van der Waals surface area contributed by atoms with Crippen molar-refractivity contribution in [1.29, 1.82) is 0 Å². The van der Waals surface area contributed by atoms with Crippen LogP contribution in [0.4, 0.5) is 5.69 Å². The maximum Gasteiger partial charge on any atom is 0.173 e. The van der Waals surface area contributed by atoms with Gasteiger partial charge in [-0.3, -0.25) is 0 Å². The molecule has 0 unspecified atom stereocenters. The number of hydrogen-bond donors (Lipinski definition) is 1. The SMILES string of the molecule is COCCCN(C(=S)Nc1c(C)cc(C)cc1Cl)[C@@H]1CCS(=O)(=O)C1. The molecule has 1 aromatic rings. The summed E-state index contributed by atoms with van der Waals surface area (Å²) in [4.78, 5) is 1.97. The Bertz CT molecular complexity index is 714. The van der Waals surface area contributed by atoms with Crippen LogP contribution < -0.4 is 5.32 Å². The van der Waals surface area contributed by atoms with Crippen molar-refractivity contribution in [3.63, 3.8) is 0 Å². The van der Waals surface area contributed by atoms with Crippen molar-refractivity contribution in [3.05, 3.63) is 28.3 Å². The quantitative estimate of drug-likeness (QED) is 0.580. The lowest BCUT2D eigenvalue weighted by atomic mass is 10.1. The molecule has 1 fully saturated rings. The first kappa shape index (κ1) is 20.4. The third kappa shape index (κ3) is 5.54. The van der Waals surface area contributed by atoms with Crippen LogP contribution in [0.5, 0.6) is 0 Å². The van der Waals surface area contributed by atoms with E-state index in [2.05, 4.69) is 5.32 Å². The molecule has 0 bridgehead atoms. The molecule has 5 nitrogen and oxygen atoms in total.